The van der Waals surface area contributed by atoms with Gasteiger partial charge in [-0.1, -0.05) is 22.0 Å². The number of halogens is 1. The largest absolute Gasteiger partial charge is 0.481 e. The molecule has 1 heterocycles. The van der Waals surface area contributed by atoms with Gasteiger partial charge in [0, 0.05) is 36.2 Å². The maximum Gasteiger partial charge on any atom is 0.217 e. The number of hydrogen-bond donors (Lipinski definition) is 0. The Kier molecular flexibility index (Phi) is 5.77. The summed E-state index contributed by atoms with van der Waals surface area (Å²) in [6.45, 7) is 6.30. The second-order valence-electron chi connectivity index (χ2n) is 3.93. The van der Waals surface area contributed by atoms with E-state index in [9.17, 15) is 0 Å². The third-order valence-corrected chi connectivity index (χ3v) is 2.87. The average molecular weight is 287 g/mol. The highest BCUT2D eigenvalue weighted by molar-refractivity contribution is 9.09. The first-order chi connectivity index (χ1) is 7.69. The van der Waals surface area contributed by atoms with Crippen molar-refractivity contribution >= 4 is 15.9 Å². The number of hydrogen-bond acceptors (Lipinski definition) is 3. The molecule has 0 unspecified atom stereocenters. The van der Waals surface area contributed by atoms with Crippen molar-refractivity contribution in [2.24, 2.45) is 0 Å². The molecule has 0 fully saturated rings. The van der Waals surface area contributed by atoms with Crippen LogP contribution in [0.3, 0.4) is 0 Å². The molecule has 0 bridgehead atoms. The van der Waals surface area contributed by atoms with Crippen molar-refractivity contribution in [2.45, 2.75) is 26.4 Å². The van der Waals surface area contributed by atoms with Crippen molar-refractivity contribution in [1.29, 1.82) is 0 Å². The van der Waals surface area contributed by atoms with Gasteiger partial charge in [-0.2, -0.15) is 0 Å². The number of alkyl halides is 1. The molecule has 3 nitrogen and oxygen atoms in total. The minimum absolute atomic E-state index is 0.516. The van der Waals surface area contributed by atoms with E-state index >= 15 is 0 Å². The highest BCUT2D eigenvalue weighted by atomic mass is 79.9. The molecule has 0 aliphatic carbocycles. The summed E-state index contributed by atoms with van der Waals surface area (Å²) in [4.78, 5) is 6.59. The standard InChI is InChI=1S/C12H19BrN2O/c1-10(2)15(8-6-13)9-11-5-4-7-14-12(11)16-3/h4-5,7,10H,6,8-9H2,1-3H3. The number of pyridine rings is 1. The first-order valence-electron chi connectivity index (χ1n) is 5.47. The summed E-state index contributed by atoms with van der Waals surface area (Å²) in [5.74, 6) is 0.725. The summed E-state index contributed by atoms with van der Waals surface area (Å²) >= 11 is 3.48. The van der Waals surface area contributed by atoms with Crippen LogP contribution in [-0.4, -0.2) is 34.9 Å². The molecule has 1 rings (SSSR count). The summed E-state index contributed by atoms with van der Waals surface area (Å²) < 4.78 is 5.25. The van der Waals surface area contributed by atoms with Crippen LogP contribution >= 0.6 is 15.9 Å². The molecular weight excluding hydrogens is 268 g/mol. The van der Waals surface area contributed by atoms with E-state index in [0.717, 1.165) is 29.9 Å². The van der Waals surface area contributed by atoms with Crippen LogP contribution in [-0.2, 0) is 6.54 Å². The molecule has 0 radical (unpaired) electrons. The molecule has 0 atom stereocenters. The van der Waals surface area contributed by atoms with Crippen molar-refractivity contribution in [3.8, 4) is 5.88 Å². The topological polar surface area (TPSA) is 25.4 Å². The van der Waals surface area contributed by atoms with Gasteiger partial charge in [0.1, 0.15) is 0 Å². The Labute approximate surface area is 106 Å². The van der Waals surface area contributed by atoms with E-state index in [1.807, 2.05) is 6.07 Å². The molecule has 0 aliphatic heterocycles. The Morgan fingerprint density at radius 3 is 2.81 bits per heavy atom. The van der Waals surface area contributed by atoms with Crippen molar-refractivity contribution in [1.82, 2.24) is 9.88 Å². The lowest BCUT2D eigenvalue weighted by Gasteiger charge is -2.26. The van der Waals surface area contributed by atoms with Gasteiger partial charge < -0.3 is 4.74 Å². The highest BCUT2D eigenvalue weighted by Crippen LogP contribution is 2.17. The van der Waals surface area contributed by atoms with Crippen LogP contribution in [0, 0.1) is 0 Å². The van der Waals surface area contributed by atoms with Crippen LogP contribution in [0.25, 0.3) is 0 Å². The van der Waals surface area contributed by atoms with E-state index in [0.29, 0.717) is 6.04 Å². The molecule has 90 valence electrons. The van der Waals surface area contributed by atoms with Crippen molar-refractivity contribution in [3.63, 3.8) is 0 Å². The molecule has 0 saturated heterocycles. The number of ether oxygens (including phenoxy) is 1. The van der Waals surface area contributed by atoms with Crippen LogP contribution in [0.1, 0.15) is 19.4 Å². The maximum atomic E-state index is 5.25. The van der Waals surface area contributed by atoms with Gasteiger partial charge in [0.2, 0.25) is 5.88 Å². The van der Waals surface area contributed by atoms with Gasteiger partial charge in [-0.3, -0.25) is 4.90 Å². The number of methoxy groups -OCH3 is 1. The van der Waals surface area contributed by atoms with Crippen LogP contribution in [0.4, 0.5) is 0 Å². The number of rotatable bonds is 6. The predicted octanol–water partition coefficient (Wildman–Crippen LogP) is 2.70. The molecule has 0 spiro atoms. The smallest absolute Gasteiger partial charge is 0.217 e. The molecule has 0 saturated carbocycles. The lowest BCUT2D eigenvalue weighted by atomic mass is 10.2. The van der Waals surface area contributed by atoms with Crippen LogP contribution in [0.15, 0.2) is 18.3 Å². The monoisotopic (exact) mass is 286 g/mol. The van der Waals surface area contributed by atoms with Gasteiger partial charge >= 0.3 is 0 Å². The van der Waals surface area contributed by atoms with Gasteiger partial charge in [0.25, 0.3) is 0 Å². The molecule has 1 aromatic rings. The fourth-order valence-corrected chi connectivity index (χ4v) is 2.03. The second kappa shape index (κ2) is 6.86. The average Bonchev–Trinajstić information content (AvgIpc) is 2.29. The van der Waals surface area contributed by atoms with Crippen molar-refractivity contribution in [2.75, 3.05) is 19.0 Å². The minimum Gasteiger partial charge on any atom is -0.481 e. The molecule has 0 N–H and O–H groups in total. The summed E-state index contributed by atoms with van der Waals surface area (Å²) in [5, 5.41) is 0.980. The van der Waals surface area contributed by atoms with E-state index in [2.05, 4.69) is 45.7 Å². The zero-order valence-corrected chi connectivity index (χ0v) is 11.7. The fourth-order valence-electron chi connectivity index (χ4n) is 1.58. The van der Waals surface area contributed by atoms with Gasteiger partial charge in [0.05, 0.1) is 7.11 Å². The van der Waals surface area contributed by atoms with Crippen molar-refractivity contribution < 1.29 is 4.74 Å². The Balaban J connectivity index is 2.76. The Morgan fingerprint density at radius 1 is 1.50 bits per heavy atom. The summed E-state index contributed by atoms with van der Waals surface area (Å²) in [5.41, 5.74) is 1.14. The number of nitrogens with zero attached hydrogens (tertiary/aromatic N) is 2. The van der Waals surface area contributed by atoms with Gasteiger partial charge in [-0.05, 0) is 19.9 Å². The molecule has 0 aromatic carbocycles. The van der Waals surface area contributed by atoms with Gasteiger partial charge in [0.15, 0.2) is 0 Å². The van der Waals surface area contributed by atoms with E-state index < -0.39 is 0 Å². The molecule has 0 amide bonds. The fraction of sp³-hybridized carbons (Fsp3) is 0.583. The Morgan fingerprint density at radius 2 is 2.25 bits per heavy atom. The maximum absolute atomic E-state index is 5.25. The highest BCUT2D eigenvalue weighted by Gasteiger charge is 2.12. The third kappa shape index (κ3) is 3.76. The van der Waals surface area contributed by atoms with Crippen LogP contribution in [0.2, 0.25) is 0 Å². The zero-order chi connectivity index (χ0) is 12.0. The van der Waals surface area contributed by atoms with E-state index in [1.54, 1.807) is 13.3 Å². The molecule has 0 aliphatic rings. The van der Waals surface area contributed by atoms with E-state index in [1.165, 1.54) is 0 Å². The Hall–Kier alpha value is -0.610. The molecule has 4 heteroatoms. The van der Waals surface area contributed by atoms with Gasteiger partial charge in [-0.25, -0.2) is 4.98 Å². The van der Waals surface area contributed by atoms with E-state index in [4.69, 9.17) is 4.74 Å². The van der Waals surface area contributed by atoms with E-state index in [-0.39, 0.29) is 0 Å². The van der Waals surface area contributed by atoms with Crippen LogP contribution < -0.4 is 4.74 Å². The Bertz CT molecular complexity index is 318. The summed E-state index contributed by atoms with van der Waals surface area (Å²) in [6, 6.07) is 4.53. The van der Waals surface area contributed by atoms with Crippen molar-refractivity contribution in [3.05, 3.63) is 23.9 Å². The zero-order valence-electron chi connectivity index (χ0n) is 10.1. The molecule has 1 aromatic heterocycles. The number of aromatic nitrogens is 1. The lowest BCUT2D eigenvalue weighted by Crippen LogP contribution is -2.32. The molecule has 16 heavy (non-hydrogen) atoms. The summed E-state index contributed by atoms with van der Waals surface area (Å²) in [7, 11) is 1.66. The molecular formula is C12H19BrN2O. The third-order valence-electron chi connectivity index (χ3n) is 2.52. The minimum atomic E-state index is 0.516. The second-order valence-corrected chi connectivity index (χ2v) is 4.72. The quantitative estimate of drug-likeness (QED) is 0.752. The van der Waals surface area contributed by atoms with Gasteiger partial charge in [-0.15, -0.1) is 0 Å². The summed E-state index contributed by atoms with van der Waals surface area (Å²) in [6.07, 6.45) is 1.76. The van der Waals surface area contributed by atoms with Crippen LogP contribution in [0.5, 0.6) is 5.88 Å². The normalized spacial score (nSPS) is 11.1. The SMILES string of the molecule is COc1ncccc1CN(CCBr)C(C)C. The first kappa shape index (κ1) is 13.5. The predicted molar refractivity (Wildman–Crippen MR) is 70.1 cm³/mol. The first-order valence-corrected chi connectivity index (χ1v) is 6.59. The lowest BCUT2D eigenvalue weighted by molar-refractivity contribution is 0.223.